The van der Waals surface area contributed by atoms with Gasteiger partial charge in [-0.2, -0.15) is 0 Å². The Labute approximate surface area is 107 Å². The molecule has 0 unspecified atom stereocenters. The van der Waals surface area contributed by atoms with Crippen molar-refractivity contribution in [1.29, 1.82) is 0 Å². The molecule has 2 aromatic carbocycles. The predicted octanol–water partition coefficient (Wildman–Crippen LogP) is 4.37. The van der Waals surface area contributed by atoms with Gasteiger partial charge in [-0.1, -0.05) is 23.7 Å². The van der Waals surface area contributed by atoms with E-state index < -0.39 is 17.5 Å². The number of anilines is 1. The van der Waals surface area contributed by atoms with Crippen LogP contribution < -0.4 is 5.32 Å². The third kappa shape index (κ3) is 2.59. The minimum Gasteiger partial charge on any atom is -0.377 e. The van der Waals surface area contributed by atoms with Crippen molar-refractivity contribution in [1.82, 2.24) is 0 Å². The molecule has 0 amide bonds. The van der Waals surface area contributed by atoms with E-state index in [9.17, 15) is 13.2 Å². The lowest BCUT2D eigenvalue weighted by atomic mass is 10.2. The smallest absolute Gasteiger partial charge is 0.147 e. The largest absolute Gasteiger partial charge is 0.377 e. The van der Waals surface area contributed by atoms with Crippen molar-refractivity contribution in [2.24, 2.45) is 0 Å². The third-order valence-electron chi connectivity index (χ3n) is 2.47. The van der Waals surface area contributed by atoms with Gasteiger partial charge in [0, 0.05) is 12.1 Å². The van der Waals surface area contributed by atoms with Crippen molar-refractivity contribution in [3.63, 3.8) is 0 Å². The first-order valence-electron chi connectivity index (χ1n) is 5.20. The zero-order valence-electron chi connectivity index (χ0n) is 9.18. The molecular weight excluding hydrogens is 263 g/mol. The van der Waals surface area contributed by atoms with Crippen LogP contribution in [0.5, 0.6) is 0 Å². The average molecular weight is 272 g/mol. The Hall–Kier alpha value is -1.68. The van der Waals surface area contributed by atoms with E-state index in [4.69, 9.17) is 11.6 Å². The van der Waals surface area contributed by atoms with Gasteiger partial charge in [0.25, 0.3) is 0 Å². The SMILES string of the molecule is Fc1cccc(F)c1CNc1c(F)cccc1Cl. The maximum absolute atomic E-state index is 13.4. The Bertz CT molecular complexity index is 480. The first-order chi connectivity index (χ1) is 8.59. The van der Waals surface area contributed by atoms with E-state index in [-0.39, 0.29) is 22.8 Å². The van der Waals surface area contributed by atoms with Gasteiger partial charge in [-0.15, -0.1) is 0 Å². The lowest BCUT2D eigenvalue weighted by molar-refractivity contribution is 0.559. The summed E-state index contributed by atoms with van der Waals surface area (Å²) < 4.78 is 40.1. The first-order valence-corrected chi connectivity index (χ1v) is 5.58. The Morgan fingerprint density at radius 1 is 0.889 bits per heavy atom. The molecule has 0 aliphatic carbocycles. The minimum atomic E-state index is -0.685. The molecule has 2 rings (SSSR count). The standard InChI is InChI=1S/C13H9ClF3N/c14-9-3-1-6-12(17)13(9)18-7-8-10(15)4-2-5-11(8)16/h1-6,18H,7H2. The maximum Gasteiger partial charge on any atom is 0.147 e. The second kappa shape index (κ2) is 5.31. The summed E-state index contributed by atoms with van der Waals surface area (Å²) in [5.41, 5.74) is -0.126. The van der Waals surface area contributed by atoms with Gasteiger partial charge in [-0.05, 0) is 24.3 Å². The summed E-state index contributed by atoms with van der Waals surface area (Å²) in [5, 5.41) is 2.75. The zero-order valence-corrected chi connectivity index (χ0v) is 9.94. The zero-order chi connectivity index (χ0) is 13.1. The number of halogens is 4. The molecule has 0 spiro atoms. The molecule has 0 saturated carbocycles. The van der Waals surface area contributed by atoms with Crippen molar-refractivity contribution in [3.05, 3.63) is 64.4 Å². The highest BCUT2D eigenvalue weighted by Crippen LogP contribution is 2.25. The number of rotatable bonds is 3. The predicted molar refractivity (Wildman–Crippen MR) is 65.1 cm³/mol. The highest BCUT2D eigenvalue weighted by Gasteiger charge is 2.11. The van der Waals surface area contributed by atoms with E-state index in [2.05, 4.69) is 5.32 Å². The molecular formula is C13H9ClF3N. The van der Waals surface area contributed by atoms with Crippen LogP contribution in [0.3, 0.4) is 0 Å². The van der Waals surface area contributed by atoms with Crippen LogP contribution in [0.2, 0.25) is 5.02 Å². The van der Waals surface area contributed by atoms with E-state index in [0.717, 1.165) is 12.1 Å². The summed E-state index contributed by atoms with van der Waals surface area (Å²) >= 11 is 5.79. The summed E-state index contributed by atoms with van der Waals surface area (Å²) in [6.45, 7) is -0.181. The fourth-order valence-corrected chi connectivity index (χ4v) is 1.77. The molecule has 0 radical (unpaired) electrons. The molecule has 0 heterocycles. The van der Waals surface area contributed by atoms with Crippen molar-refractivity contribution >= 4 is 17.3 Å². The Morgan fingerprint density at radius 3 is 2.06 bits per heavy atom. The summed E-state index contributed by atoms with van der Waals surface area (Å²) in [6, 6.07) is 7.71. The van der Waals surface area contributed by atoms with Gasteiger partial charge in [-0.25, -0.2) is 13.2 Å². The van der Waals surface area contributed by atoms with Gasteiger partial charge < -0.3 is 5.32 Å². The number of nitrogens with one attached hydrogen (secondary N) is 1. The molecule has 0 atom stereocenters. The molecule has 5 heteroatoms. The molecule has 0 aromatic heterocycles. The fraction of sp³-hybridized carbons (Fsp3) is 0.0769. The van der Waals surface area contributed by atoms with E-state index >= 15 is 0 Å². The van der Waals surface area contributed by atoms with Crippen LogP contribution in [-0.4, -0.2) is 0 Å². The third-order valence-corrected chi connectivity index (χ3v) is 2.78. The number of hydrogen-bond donors (Lipinski definition) is 1. The molecule has 0 fully saturated rings. The number of para-hydroxylation sites is 1. The van der Waals surface area contributed by atoms with Crippen LogP contribution >= 0.6 is 11.6 Å². The molecule has 18 heavy (non-hydrogen) atoms. The first kappa shape index (κ1) is 12.8. The fourth-order valence-electron chi connectivity index (χ4n) is 1.54. The van der Waals surface area contributed by atoms with Crippen molar-refractivity contribution in [2.45, 2.75) is 6.54 Å². The molecule has 0 saturated heterocycles. The van der Waals surface area contributed by atoms with Crippen LogP contribution in [-0.2, 0) is 6.54 Å². The summed E-state index contributed by atoms with van der Waals surface area (Å²) in [6.07, 6.45) is 0. The maximum atomic E-state index is 13.4. The van der Waals surface area contributed by atoms with Gasteiger partial charge in [-0.3, -0.25) is 0 Å². The number of hydrogen-bond acceptors (Lipinski definition) is 1. The molecule has 1 nitrogen and oxygen atoms in total. The van der Waals surface area contributed by atoms with Crippen molar-refractivity contribution in [2.75, 3.05) is 5.32 Å². The highest BCUT2D eigenvalue weighted by atomic mass is 35.5. The summed E-state index contributed by atoms with van der Waals surface area (Å²) in [4.78, 5) is 0. The van der Waals surface area contributed by atoms with Gasteiger partial charge in [0.05, 0.1) is 10.7 Å². The highest BCUT2D eigenvalue weighted by molar-refractivity contribution is 6.33. The van der Waals surface area contributed by atoms with Gasteiger partial charge in [0.15, 0.2) is 0 Å². The Kier molecular flexibility index (Phi) is 3.77. The molecule has 0 bridgehead atoms. The van der Waals surface area contributed by atoms with Crippen LogP contribution in [0.15, 0.2) is 36.4 Å². The molecule has 94 valence electrons. The quantitative estimate of drug-likeness (QED) is 0.874. The molecule has 1 N–H and O–H groups in total. The van der Waals surface area contributed by atoms with E-state index in [1.165, 1.54) is 24.3 Å². The summed E-state index contributed by atoms with van der Waals surface area (Å²) in [5.74, 6) is -1.94. The number of benzene rings is 2. The molecule has 0 aliphatic rings. The average Bonchev–Trinajstić information content (AvgIpc) is 2.31. The van der Waals surface area contributed by atoms with Crippen LogP contribution in [0.25, 0.3) is 0 Å². The molecule has 2 aromatic rings. The summed E-state index contributed by atoms with van der Waals surface area (Å²) in [7, 11) is 0. The van der Waals surface area contributed by atoms with Gasteiger partial charge in [0.2, 0.25) is 0 Å². The second-order valence-electron chi connectivity index (χ2n) is 3.65. The van der Waals surface area contributed by atoms with E-state index in [1.807, 2.05) is 0 Å². The van der Waals surface area contributed by atoms with Crippen molar-refractivity contribution in [3.8, 4) is 0 Å². The normalized spacial score (nSPS) is 10.4. The lowest BCUT2D eigenvalue weighted by Gasteiger charge is -2.10. The van der Waals surface area contributed by atoms with E-state index in [1.54, 1.807) is 0 Å². The minimum absolute atomic E-state index is 0.0295. The van der Waals surface area contributed by atoms with Gasteiger partial charge >= 0.3 is 0 Å². The van der Waals surface area contributed by atoms with Crippen LogP contribution in [0.4, 0.5) is 18.9 Å². The Balaban J connectivity index is 2.22. The van der Waals surface area contributed by atoms with E-state index in [0.29, 0.717) is 0 Å². The molecule has 0 aliphatic heterocycles. The van der Waals surface area contributed by atoms with Crippen LogP contribution in [0, 0.1) is 17.5 Å². The van der Waals surface area contributed by atoms with Gasteiger partial charge in [0.1, 0.15) is 17.5 Å². The van der Waals surface area contributed by atoms with Crippen molar-refractivity contribution < 1.29 is 13.2 Å². The topological polar surface area (TPSA) is 12.0 Å². The second-order valence-corrected chi connectivity index (χ2v) is 4.06. The lowest BCUT2D eigenvalue weighted by Crippen LogP contribution is -2.06. The monoisotopic (exact) mass is 271 g/mol. The Morgan fingerprint density at radius 2 is 1.44 bits per heavy atom. The van der Waals surface area contributed by atoms with Crippen LogP contribution in [0.1, 0.15) is 5.56 Å².